The van der Waals surface area contributed by atoms with E-state index in [1.54, 1.807) is 6.07 Å². The Labute approximate surface area is 166 Å². The monoisotopic (exact) mass is 488 g/mol. The molecule has 0 aliphatic carbocycles. The number of rotatable bonds is 6. The normalized spacial score (nSPS) is 11.6. The second kappa shape index (κ2) is 7.62. The van der Waals surface area contributed by atoms with Gasteiger partial charge in [-0.1, -0.05) is 6.07 Å². The Morgan fingerprint density at radius 1 is 1.33 bits per heavy atom. The second-order valence-electron chi connectivity index (χ2n) is 5.86. The first-order valence-electron chi connectivity index (χ1n) is 7.90. The highest BCUT2D eigenvalue weighted by molar-refractivity contribution is 14.1. The summed E-state index contributed by atoms with van der Waals surface area (Å²) >= 11 is 0.882. The highest BCUT2D eigenvalue weighted by Gasteiger charge is 2.26. The number of aromatic amines is 1. The summed E-state index contributed by atoms with van der Waals surface area (Å²) in [7, 11) is 0. The zero-order chi connectivity index (χ0) is 19.6. The van der Waals surface area contributed by atoms with Crippen molar-refractivity contribution in [2.75, 3.05) is 0 Å². The van der Waals surface area contributed by atoms with Crippen LogP contribution in [0.1, 0.15) is 24.2 Å². The molecule has 0 atom stereocenters. The summed E-state index contributed by atoms with van der Waals surface area (Å²) in [6.45, 7) is 3.70. The van der Waals surface area contributed by atoms with Crippen LogP contribution in [-0.4, -0.2) is 31.0 Å². The van der Waals surface area contributed by atoms with Gasteiger partial charge in [0.05, 0.1) is 34.4 Å². The lowest BCUT2D eigenvalue weighted by atomic mass is 10.2. The maximum atomic E-state index is 13.0. The van der Waals surface area contributed by atoms with Crippen molar-refractivity contribution in [3.05, 3.63) is 42.2 Å². The fourth-order valence-corrected chi connectivity index (χ4v) is 2.55. The molecule has 7 nitrogen and oxygen atoms in total. The molecule has 10 heteroatoms. The highest BCUT2D eigenvalue weighted by atomic mass is 127. The Balaban J connectivity index is 1.85. The number of nitrogens with one attached hydrogen (secondary N) is 2. The van der Waals surface area contributed by atoms with Gasteiger partial charge in [0.2, 0.25) is 5.88 Å². The van der Waals surface area contributed by atoms with Crippen molar-refractivity contribution in [3.8, 4) is 17.4 Å². The maximum absolute atomic E-state index is 13.0. The Hall–Kier alpha value is -2.50. The van der Waals surface area contributed by atoms with Crippen LogP contribution in [-0.2, 0) is 0 Å². The number of fused-ring (bicyclic) bond motifs is 1. The summed E-state index contributed by atoms with van der Waals surface area (Å²) in [5, 5.41) is 2.78. The quantitative estimate of drug-likeness (QED) is 0.400. The third-order valence-electron chi connectivity index (χ3n) is 3.28. The van der Waals surface area contributed by atoms with Crippen LogP contribution in [0.5, 0.6) is 17.4 Å². The van der Waals surface area contributed by atoms with Gasteiger partial charge in [0.15, 0.2) is 5.65 Å². The van der Waals surface area contributed by atoms with Crippen molar-refractivity contribution in [1.82, 2.24) is 20.3 Å². The van der Waals surface area contributed by atoms with E-state index in [0.717, 1.165) is 22.6 Å². The molecule has 1 amide bonds. The second-order valence-corrected chi connectivity index (χ2v) is 7.12. The van der Waals surface area contributed by atoms with Gasteiger partial charge in [-0.3, -0.25) is 4.79 Å². The Bertz CT molecular complexity index is 972. The average molecular weight is 488 g/mol. The van der Waals surface area contributed by atoms with Crippen molar-refractivity contribution >= 4 is 39.7 Å². The number of benzene rings is 1. The molecular formula is C17H15F2IN4O3. The number of hydrogen-bond donors (Lipinski definition) is 2. The number of alkyl halides is 3. The number of amides is 1. The SMILES string of the molecule is CC(C)NC(=O)c1c[nH]c2ncc(Oc3cccc(OC(F)(F)I)c3)nc12. The first-order valence-corrected chi connectivity index (χ1v) is 8.98. The largest absolute Gasteiger partial charge is 0.451 e. The molecule has 0 fully saturated rings. The smallest absolute Gasteiger partial charge is 0.437 e. The van der Waals surface area contributed by atoms with E-state index in [1.807, 2.05) is 13.8 Å². The van der Waals surface area contributed by atoms with Crippen LogP contribution in [0.15, 0.2) is 36.7 Å². The minimum Gasteiger partial charge on any atom is -0.437 e. The third-order valence-corrected chi connectivity index (χ3v) is 3.50. The number of aromatic nitrogens is 3. The molecule has 2 aromatic heterocycles. The average Bonchev–Trinajstić information content (AvgIpc) is 2.96. The summed E-state index contributed by atoms with van der Waals surface area (Å²) in [6.07, 6.45) is 2.88. The van der Waals surface area contributed by atoms with Gasteiger partial charge in [0.1, 0.15) is 17.0 Å². The first kappa shape index (κ1) is 19.3. The lowest BCUT2D eigenvalue weighted by Gasteiger charge is -2.12. The predicted molar refractivity (Wildman–Crippen MR) is 103 cm³/mol. The molecule has 0 unspecified atom stereocenters. The Kier molecular flexibility index (Phi) is 5.44. The van der Waals surface area contributed by atoms with E-state index in [1.165, 1.54) is 30.6 Å². The van der Waals surface area contributed by atoms with Crippen molar-refractivity contribution in [3.63, 3.8) is 0 Å². The van der Waals surface area contributed by atoms with Crippen LogP contribution in [0, 0.1) is 0 Å². The van der Waals surface area contributed by atoms with Gasteiger partial charge in [-0.15, -0.1) is 0 Å². The number of ether oxygens (including phenoxy) is 2. The van der Waals surface area contributed by atoms with E-state index in [4.69, 9.17) is 4.74 Å². The number of halogens is 3. The standard InChI is InChI=1S/C17H15F2IN4O3/c1-9(2)23-16(25)12-7-21-15-14(12)24-13(8-22-15)26-10-4-3-5-11(6-10)27-17(18,19)20/h3-9H,1-2H3,(H,21,22)(H,23,25). The topological polar surface area (TPSA) is 89.1 Å². The molecule has 0 bridgehead atoms. The molecule has 0 aliphatic rings. The molecule has 2 heterocycles. The van der Waals surface area contributed by atoms with Crippen molar-refractivity contribution in [1.29, 1.82) is 0 Å². The van der Waals surface area contributed by atoms with Gasteiger partial charge >= 0.3 is 4.12 Å². The lowest BCUT2D eigenvalue weighted by molar-refractivity contribution is -0.0692. The summed E-state index contributed by atoms with van der Waals surface area (Å²) in [5.74, 6) is 0.00607. The summed E-state index contributed by atoms with van der Waals surface area (Å²) in [5.41, 5.74) is 1.10. The van der Waals surface area contributed by atoms with E-state index < -0.39 is 4.12 Å². The van der Waals surface area contributed by atoms with Crippen LogP contribution in [0.3, 0.4) is 0 Å². The van der Waals surface area contributed by atoms with Gasteiger partial charge < -0.3 is 19.8 Å². The van der Waals surface area contributed by atoms with Gasteiger partial charge in [0.25, 0.3) is 5.91 Å². The molecule has 0 radical (unpaired) electrons. The molecule has 27 heavy (non-hydrogen) atoms. The molecule has 142 valence electrons. The van der Waals surface area contributed by atoms with Crippen LogP contribution in [0.25, 0.3) is 11.2 Å². The van der Waals surface area contributed by atoms with E-state index in [0.29, 0.717) is 16.7 Å². The highest BCUT2D eigenvalue weighted by Crippen LogP contribution is 2.31. The van der Waals surface area contributed by atoms with Crippen LogP contribution < -0.4 is 14.8 Å². The zero-order valence-electron chi connectivity index (χ0n) is 14.3. The van der Waals surface area contributed by atoms with E-state index in [2.05, 4.69) is 25.0 Å². The molecule has 3 aromatic rings. The minimum atomic E-state index is -3.33. The van der Waals surface area contributed by atoms with Gasteiger partial charge in [-0.25, -0.2) is 9.97 Å². The third kappa shape index (κ3) is 5.02. The fourth-order valence-electron chi connectivity index (χ4n) is 2.29. The van der Waals surface area contributed by atoms with Crippen molar-refractivity contribution in [2.45, 2.75) is 24.0 Å². The minimum absolute atomic E-state index is 0.0337. The molecule has 0 spiro atoms. The maximum Gasteiger partial charge on any atom is 0.451 e. The van der Waals surface area contributed by atoms with Crippen LogP contribution in [0.4, 0.5) is 8.78 Å². The predicted octanol–water partition coefficient (Wildman–Crippen LogP) is 4.25. The molecule has 0 aliphatic heterocycles. The van der Waals surface area contributed by atoms with Crippen molar-refractivity contribution < 1.29 is 23.0 Å². The molecular weight excluding hydrogens is 473 g/mol. The molecule has 2 N–H and O–H groups in total. The van der Waals surface area contributed by atoms with Crippen molar-refractivity contribution in [2.24, 2.45) is 0 Å². The lowest BCUT2D eigenvalue weighted by Crippen LogP contribution is -2.29. The molecule has 1 aromatic carbocycles. The molecule has 0 saturated carbocycles. The van der Waals surface area contributed by atoms with Crippen LogP contribution in [0.2, 0.25) is 0 Å². The fraction of sp³-hybridized carbons (Fsp3) is 0.235. The van der Waals surface area contributed by atoms with Gasteiger partial charge in [0, 0.05) is 18.3 Å². The van der Waals surface area contributed by atoms with Gasteiger partial charge in [-0.05, 0) is 26.0 Å². The number of carbonyl (C=O) groups excluding carboxylic acids is 1. The number of nitrogens with zero attached hydrogens (tertiary/aromatic N) is 2. The zero-order valence-corrected chi connectivity index (χ0v) is 16.5. The first-order chi connectivity index (χ1) is 12.7. The Morgan fingerprint density at radius 3 is 2.78 bits per heavy atom. The summed E-state index contributed by atoms with van der Waals surface area (Å²) in [6, 6.07) is 5.73. The van der Waals surface area contributed by atoms with E-state index in [9.17, 15) is 13.6 Å². The number of H-pyrrole nitrogens is 1. The summed E-state index contributed by atoms with van der Waals surface area (Å²) < 4.78 is 32.7. The molecule has 3 rings (SSSR count). The van der Waals surface area contributed by atoms with E-state index in [-0.39, 0.29) is 29.3 Å². The Morgan fingerprint density at radius 2 is 2.07 bits per heavy atom. The number of carbonyl (C=O) groups is 1. The van der Waals surface area contributed by atoms with Crippen LogP contribution >= 0.6 is 22.6 Å². The molecule has 0 saturated heterocycles. The number of hydrogen-bond acceptors (Lipinski definition) is 5. The van der Waals surface area contributed by atoms with E-state index >= 15 is 0 Å². The summed E-state index contributed by atoms with van der Waals surface area (Å²) in [4.78, 5) is 23.6. The van der Waals surface area contributed by atoms with Gasteiger partial charge in [-0.2, -0.15) is 8.78 Å².